The van der Waals surface area contributed by atoms with Gasteiger partial charge >= 0.3 is 0 Å². The van der Waals surface area contributed by atoms with Crippen LogP contribution < -0.4 is 0 Å². The van der Waals surface area contributed by atoms with Crippen LogP contribution in [0.2, 0.25) is 0 Å². The van der Waals surface area contributed by atoms with Gasteiger partial charge in [-0.2, -0.15) is 0 Å². The molecule has 0 heterocycles. The molecule has 0 bridgehead atoms. The van der Waals surface area contributed by atoms with Crippen molar-refractivity contribution in [3.8, 4) is 0 Å². The number of fused-ring (bicyclic) bond motifs is 10. The molecule has 8 aliphatic rings. The Morgan fingerprint density at radius 1 is 0.635 bits per heavy atom. The van der Waals surface area contributed by atoms with Gasteiger partial charge in [-0.15, -0.1) is 0 Å². The van der Waals surface area contributed by atoms with Crippen LogP contribution in [0.3, 0.4) is 0 Å². The lowest BCUT2D eigenvalue weighted by atomic mass is 9.46. The Bertz CT molecular complexity index is 1720. The van der Waals surface area contributed by atoms with E-state index in [1.165, 1.54) is 12.2 Å². The van der Waals surface area contributed by atoms with Crippen LogP contribution in [0.4, 0.5) is 0 Å². The fraction of sp³-hybridized carbons (Fsp3) is 0.667. The van der Waals surface area contributed by atoms with Crippen LogP contribution >= 0.6 is 0 Å². The highest BCUT2D eigenvalue weighted by Gasteiger charge is 2.72. The van der Waals surface area contributed by atoms with Crippen LogP contribution in [-0.4, -0.2) is 78.5 Å². The lowest BCUT2D eigenvalue weighted by Crippen LogP contribution is -2.65. The SMILES string of the molecule is C[C@]12C=CC(=O)C=C1CC[C@@H]1[C@@H]2C(=O)C[C@@]2(C)[C@H]1CC[C@]2(O)C(=O)C(O)C(O)C(=O)[C@@]1(O)CC[C@H]2[C@@H]3CCC4=CC(=O)C=C[C@]4(C)[C@H]3C(=O)C[C@@]21C. The van der Waals surface area contributed by atoms with E-state index < -0.39 is 68.5 Å². The van der Waals surface area contributed by atoms with E-state index in [1.807, 2.05) is 26.0 Å². The Kier molecular flexibility index (Phi) is 7.71. The Morgan fingerprint density at radius 3 is 1.37 bits per heavy atom. The molecule has 0 saturated heterocycles. The highest BCUT2D eigenvalue weighted by molar-refractivity contribution is 6.04. The van der Waals surface area contributed by atoms with Crippen LogP contribution in [0, 0.1) is 57.2 Å². The maximum Gasteiger partial charge on any atom is 0.196 e. The average Bonchev–Trinajstić information content (AvgIpc) is 3.52. The summed E-state index contributed by atoms with van der Waals surface area (Å²) in [5, 5.41) is 47.4. The highest BCUT2D eigenvalue weighted by atomic mass is 16.4. The van der Waals surface area contributed by atoms with Gasteiger partial charge in [0.25, 0.3) is 0 Å². The van der Waals surface area contributed by atoms with Crippen molar-refractivity contribution in [2.75, 3.05) is 0 Å². The molecule has 2 unspecified atom stereocenters. The number of allylic oxidation sites excluding steroid dienone is 8. The first kappa shape index (κ1) is 35.8. The second-order valence-electron chi connectivity index (χ2n) is 18.5. The van der Waals surface area contributed by atoms with Crippen molar-refractivity contribution in [2.24, 2.45) is 57.2 Å². The van der Waals surface area contributed by atoms with Crippen molar-refractivity contribution in [3.63, 3.8) is 0 Å². The predicted molar refractivity (Wildman–Crippen MR) is 186 cm³/mol. The van der Waals surface area contributed by atoms with Crippen molar-refractivity contribution in [3.05, 3.63) is 47.6 Å². The summed E-state index contributed by atoms with van der Waals surface area (Å²) in [5.41, 5.74) is -6.44. The first-order valence-electron chi connectivity index (χ1n) is 19.1. The number of aliphatic hydroxyl groups is 4. The normalized spacial score (nSPS) is 48.7. The molecule has 10 nitrogen and oxygen atoms in total. The number of carbonyl (C=O) groups excluding carboxylic acids is 6. The van der Waals surface area contributed by atoms with Crippen molar-refractivity contribution in [1.29, 1.82) is 0 Å². The number of ketones is 6. The summed E-state index contributed by atoms with van der Waals surface area (Å²) in [4.78, 5) is 80.9. The average molecular weight is 715 g/mol. The minimum Gasteiger partial charge on any atom is -0.382 e. The zero-order valence-corrected chi connectivity index (χ0v) is 30.4. The molecule has 8 rings (SSSR count). The van der Waals surface area contributed by atoms with Gasteiger partial charge in [-0.3, -0.25) is 28.8 Å². The third-order valence-corrected chi connectivity index (χ3v) is 16.5. The molecule has 278 valence electrons. The van der Waals surface area contributed by atoms with Gasteiger partial charge < -0.3 is 20.4 Å². The number of carbonyl (C=O) groups is 6. The monoisotopic (exact) mass is 714 g/mol. The Labute approximate surface area is 303 Å². The summed E-state index contributed by atoms with van der Waals surface area (Å²) in [5.74, 6) is -4.53. The van der Waals surface area contributed by atoms with Crippen LogP contribution in [0.15, 0.2) is 47.6 Å². The van der Waals surface area contributed by atoms with E-state index in [1.54, 1.807) is 26.0 Å². The van der Waals surface area contributed by atoms with Gasteiger partial charge in [-0.25, -0.2) is 0 Å². The molecule has 10 heteroatoms. The lowest BCUT2D eigenvalue weighted by Gasteiger charge is -2.57. The fourth-order valence-electron chi connectivity index (χ4n) is 13.7. The van der Waals surface area contributed by atoms with Crippen molar-refractivity contribution >= 4 is 34.7 Å². The van der Waals surface area contributed by atoms with Gasteiger partial charge in [0.05, 0.1) is 0 Å². The van der Waals surface area contributed by atoms with Crippen LogP contribution in [0.1, 0.15) is 91.9 Å². The second kappa shape index (κ2) is 11.2. The molecule has 52 heavy (non-hydrogen) atoms. The summed E-state index contributed by atoms with van der Waals surface area (Å²) in [6.45, 7) is 7.31. The molecule has 0 radical (unpaired) electrons. The first-order chi connectivity index (χ1) is 24.3. The molecule has 8 aliphatic carbocycles. The van der Waals surface area contributed by atoms with Gasteiger partial charge in [0.1, 0.15) is 35.0 Å². The zero-order valence-electron chi connectivity index (χ0n) is 30.4. The molecular weight excluding hydrogens is 664 g/mol. The number of hydrogen-bond acceptors (Lipinski definition) is 10. The van der Waals surface area contributed by atoms with E-state index in [4.69, 9.17) is 0 Å². The smallest absolute Gasteiger partial charge is 0.196 e. The quantitative estimate of drug-likeness (QED) is 0.330. The molecule has 14 atom stereocenters. The van der Waals surface area contributed by atoms with E-state index in [0.717, 1.165) is 11.1 Å². The molecule has 0 aliphatic heterocycles. The molecule has 6 fully saturated rings. The van der Waals surface area contributed by atoms with Gasteiger partial charge in [-0.05, 0) is 99.3 Å². The maximum absolute atomic E-state index is 14.2. The van der Waals surface area contributed by atoms with Gasteiger partial charge in [0.15, 0.2) is 23.1 Å². The molecule has 4 N–H and O–H groups in total. The van der Waals surface area contributed by atoms with Crippen molar-refractivity contribution < 1.29 is 49.2 Å². The van der Waals surface area contributed by atoms with E-state index >= 15 is 0 Å². The van der Waals surface area contributed by atoms with Gasteiger partial charge in [0.2, 0.25) is 0 Å². The Balaban J connectivity index is 1.03. The summed E-state index contributed by atoms with van der Waals surface area (Å²) < 4.78 is 0. The van der Waals surface area contributed by atoms with Gasteiger partial charge in [-0.1, -0.05) is 51.0 Å². The van der Waals surface area contributed by atoms with E-state index in [2.05, 4.69) is 0 Å². The standard InChI is InChI=1S/C42H50O10/c1-37-13-9-23(43)17-21(37)5-7-25-27-11-15-41(51,39(27,3)19-29(45)31(25)37)35(49)33(47)34(48)36(50)42(52)16-12-28-26-8-6-22-18-24(44)10-14-38(22,2)32(26)30(46)20-40(28,42)4/h9-10,13-14,17-18,25-28,31-34,47-48,51-52H,5-8,11-12,15-16,19-20H2,1-4H3/t25-,26-,27-,28-,31+,32+,33?,34?,37-,38-,39-,40-,41-,42-/m0/s1. The summed E-state index contributed by atoms with van der Waals surface area (Å²) in [6.07, 6.45) is 7.92. The van der Waals surface area contributed by atoms with E-state index in [9.17, 15) is 49.2 Å². The van der Waals surface area contributed by atoms with Crippen LogP contribution in [0.25, 0.3) is 0 Å². The first-order valence-corrected chi connectivity index (χ1v) is 19.1. The summed E-state index contributed by atoms with van der Waals surface area (Å²) >= 11 is 0. The second-order valence-corrected chi connectivity index (χ2v) is 18.5. The van der Waals surface area contributed by atoms with Crippen molar-refractivity contribution in [2.45, 2.75) is 115 Å². The molecular formula is C42H50O10. The largest absolute Gasteiger partial charge is 0.382 e. The minimum absolute atomic E-state index is 0.0634. The number of aliphatic hydroxyl groups excluding tert-OH is 2. The number of Topliss-reactive ketones (excluding diaryl/α,β-unsaturated/α-hetero) is 4. The molecule has 0 aromatic heterocycles. The third kappa shape index (κ3) is 4.32. The molecule has 0 aromatic rings. The zero-order chi connectivity index (χ0) is 37.6. The topological polar surface area (TPSA) is 183 Å². The van der Waals surface area contributed by atoms with Crippen molar-refractivity contribution in [1.82, 2.24) is 0 Å². The fourth-order valence-corrected chi connectivity index (χ4v) is 13.7. The lowest BCUT2D eigenvalue weighted by molar-refractivity contribution is -0.186. The molecule has 0 amide bonds. The summed E-state index contributed by atoms with van der Waals surface area (Å²) in [7, 11) is 0. The summed E-state index contributed by atoms with van der Waals surface area (Å²) in [6, 6.07) is 0. The highest BCUT2D eigenvalue weighted by Crippen LogP contribution is 2.68. The third-order valence-electron chi connectivity index (χ3n) is 16.5. The van der Waals surface area contributed by atoms with Crippen LogP contribution in [-0.2, 0) is 28.8 Å². The molecule has 0 spiro atoms. The predicted octanol–water partition coefficient (Wildman–Crippen LogP) is 3.28. The van der Waals surface area contributed by atoms with E-state index in [-0.39, 0.29) is 72.5 Å². The maximum atomic E-state index is 14.2. The van der Waals surface area contributed by atoms with Crippen LogP contribution in [0.5, 0.6) is 0 Å². The Morgan fingerprint density at radius 2 is 1.00 bits per heavy atom. The van der Waals surface area contributed by atoms with E-state index in [0.29, 0.717) is 38.5 Å². The minimum atomic E-state index is -2.36. The number of rotatable bonds is 5. The molecule has 0 aromatic carbocycles. The van der Waals surface area contributed by atoms with Gasteiger partial charge in [0, 0.05) is 46.3 Å². The number of hydrogen-bond donors (Lipinski definition) is 4. The Hall–Kier alpha value is -3.18. The molecule has 6 saturated carbocycles.